The molecule has 4 aromatic rings. The molecule has 0 aliphatic carbocycles. The summed E-state index contributed by atoms with van der Waals surface area (Å²) in [6, 6.07) is 9.92. The van der Waals surface area contributed by atoms with Crippen molar-refractivity contribution >= 4 is 34.7 Å². The number of hydrogen-bond acceptors (Lipinski definition) is 8. The Kier molecular flexibility index (Phi) is 4.49. The highest BCUT2D eigenvalue weighted by molar-refractivity contribution is 7.99. The van der Waals surface area contributed by atoms with Gasteiger partial charge >= 0.3 is 0 Å². The molecule has 3 aromatic heterocycles. The molecule has 1 unspecified atom stereocenters. The molecule has 11 heteroatoms. The number of nitrogens with one attached hydrogen (secondary N) is 1. The van der Waals surface area contributed by atoms with Crippen LogP contribution in [-0.2, 0) is 13.6 Å². The Morgan fingerprint density at radius 3 is 2.70 bits per heavy atom. The second-order valence-electron chi connectivity index (χ2n) is 5.83. The van der Waals surface area contributed by atoms with Crippen molar-refractivity contribution in [2.45, 2.75) is 16.6 Å². The van der Waals surface area contributed by atoms with Gasteiger partial charge in [0.2, 0.25) is 5.95 Å². The van der Waals surface area contributed by atoms with Crippen molar-refractivity contribution in [1.29, 1.82) is 0 Å². The lowest BCUT2D eigenvalue weighted by molar-refractivity contribution is -0.994. The number of nitrogens with zero attached hydrogens (tertiary/aromatic N) is 6. The molecule has 27 heavy (non-hydrogen) atoms. The summed E-state index contributed by atoms with van der Waals surface area (Å²) in [6.07, 6.45) is 3.12. The summed E-state index contributed by atoms with van der Waals surface area (Å²) in [5, 5.41) is 20.5. The Hall–Kier alpha value is -2.99. The number of nitrogen functional groups attached to an aromatic ring is 1. The highest BCUT2D eigenvalue weighted by Crippen LogP contribution is 2.33. The fourth-order valence-electron chi connectivity index (χ4n) is 2.68. The first-order valence-electron chi connectivity index (χ1n) is 7.97. The van der Waals surface area contributed by atoms with Crippen LogP contribution in [0.5, 0.6) is 0 Å². The molecular weight excluding hydrogens is 368 g/mol. The molecule has 1 atom stereocenters. The summed E-state index contributed by atoms with van der Waals surface area (Å²) in [4.78, 5) is 16.9. The van der Waals surface area contributed by atoms with Gasteiger partial charge in [-0.3, -0.25) is 0 Å². The maximum absolute atomic E-state index is 11.4. The van der Waals surface area contributed by atoms with E-state index in [1.165, 1.54) is 6.33 Å². The fourth-order valence-corrected chi connectivity index (χ4v) is 3.67. The van der Waals surface area contributed by atoms with E-state index in [2.05, 4.69) is 19.9 Å². The van der Waals surface area contributed by atoms with Crippen molar-refractivity contribution in [2.75, 3.05) is 5.73 Å². The molecular formula is C16H16N8O2S. The van der Waals surface area contributed by atoms with Crippen molar-refractivity contribution < 1.29 is 10.4 Å². The number of hydrogen-bond donors (Lipinski definition) is 3. The second kappa shape index (κ2) is 6.96. The maximum atomic E-state index is 11.4. The van der Waals surface area contributed by atoms with E-state index in [1.807, 2.05) is 34.9 Å². The van der Waals surface area contributed by atoms with Crippen LogP contribution in [0.4, 0.5) is 11.8 Å². The largest absolute Gasteiger partial charge is 0.594 e. The Morgan fingerprint density at radius 1 is 1.19 bits per heavy atom. The van der Waals surface area contributed by atoms with Crippen LogP contribution in [0, 0.1) is 5.21 Å². The molecule has 0 aliphatic rings. The Labute approximate surface area is 157 Å². The normalized spacial score (nSPS) is 12.6. The minimum absolute atomic E-state index is 0.0449. The zero-order chi connectivity index (χ0) is 19.0. The van der Waals surface area contributed by atoms with E-state index >= 15 is 0 Å². The molecule has 0 radical (unpaired) electrons. The van der Waals surface area contributed by atoms with Gasteiger partial charge in [0.05, 0.1) is 12.9 Å². The SMILES string of the molecule is Cn1cnc([NH+]([O-])O)c1Sc1nc(N)nc2c1ncn2Cc1ccccc1. The van der Waals surface area contributed by atoms with Crippen LogP contribution in [0.25, 0.3) is 11.2 Å². The van der Waals surface area contributed by atoms with E-state index < -0.39 is 5.23 Å². The van der Waals surface area contributed by atoms with Crippen molar-refractivity contribution in [3.63, 3.8) is 0 Å². The predicted molar refractivity (Wildman–Crippen MR) is 98.4 cm³/mol. The van der Waals surface area contributed by atoms with Crippen LogP contribution in [-0.4, -0.2) is 34.3 Å². The number of nitrogens with two attached hydrogens (primary N) is 1. The third kappa shape index (κ3) is 3.36. The minimum Gasteiger partial charge on any atom is -0.594 e. The minimum atomic E-state index is -1.11. The maximum Gasteiger partial charge on any atom is 0.291 e. The van der Waals surface area contributed by atoms with Gasteiger partial charge in [-0.05, 0) is 17.3 Å². The highest BCUT2D eigenvalue weighted by atomic mass is 32.2. The van der Waals surface area contributed by atoms with Crippen LogP contribution in [0.2, 0.25) is 0 Å². The summed E-state index contributed by atoms with van der Waals surface area (Å²) >= 11 is 1.15. The van der Waals surface area contributed by atoms with E-state index in [9.17, 15) is 10.4 Å². The van der Waals surface area contributed by atoms with Gasteiger partial charge in [-0.25, -0.2) is 15.2 Å². The average Bonchev–Trinajstić information content (AvgIpc) is 3.20. The number of aromatic nitrogens is 6. The molecule has 0 bridgehead atoms. The number of rotatable bonds is 5. The van der Waals surface area contributed by atoms with E-state index in [0.717, 1.165) is 17.3 Å². The van der Waals surface area contributed by atoms with Gasteiger partial charge in [-0.2, -0.15) is 15.2 Å². The molecule has 0 spiro atoms. The Bertz CT molecular complexity index is 1090. The molecule has 0 fully saturated rings. The molecule has 4 rings (SSSR count). The molecule has 0 saturated carbocycles. The number of aryl methyl sites for hydroxylation is 1. The fraction of sp³-hybridized carbons (Fsp3) is 0.125. The van der Waals surface area contributed by atoms with Crippen molar-refractivity contribution in [3.8, 4) is 0 Å². The van der Waals surface area contributed by atoms with Crippen molar-refractivity contribution in [2.24, 2.45) is 7.05 Å². The van der Waals surface area contributed by atoms with E-state index in [4.69, 9.17) is 5.73 Å². The molecule has 4 N–H and O–H groups in total. The Balaban J connectivity index is 1.76. The van der Waals surface area contributed by atoms with Gasteiger partial charge in [0.15, 0.2) is 10.7 Å². The number of benzene rings is 1. The van der Waals surface area contributed by atoms with Gasteiger partial charge in [0.1, 0.15) is 16.9 Å². The first kappa shape index (κ1) is 17.4. The monoisotopic (exact) mass is 384 g/mol. The van der Waals surface area contributed by atoms with Crippen molar-refractivity contribution in [3.05, 3.63) is 53.8 Å². The predicted octanol–water partition coefficient (Wildman–Crippen LogP) is 0.745. The zero-order valence-electron chi connectivity index (χ0n) is 14.3. The molecule has 10 nitrogen and oxygen atoms in total. The van der Waals surface area contributed by atoms with E-state index in [0.29, 0.717) is 27.8 Å². The third-order valence-corrected chi connectivity index (χ3v) is 5.08. The standard InChI is InChI=1S/C16H16N8O2S/c1-22-8-19-13(24(25)26)15(22)27-14-11-12(20-16(17)21-14)23(9-18-11)7-10-5-3-2-4-6-10/h2-6,8-9,24-25H,7H2,1H3,(H2,17,20,21). The van der Waals surface area contributed by atoms with Gasteiger partial charge in [-0.1, -0.05) is 30.3 Å². The summed E-state index contributed by atoms with van der Waals surface area (Å²) in [6.45, 7) is 0.587. The summed E-state index contributed by atoms with van der Waals surface area (Å²) in [5.41, 5.74) is 8.14. The third-order valence-electron chi connectivity index (χ3n) is 3.92. The molecule has 138 valence electrons. The average molecular weight is 384 g/mol. The lowest BCUT2D eigenvalue weighted by atomic mass is 10.2. The van der Waals surface area contributed by atoms with Crippen LogP contribution in [0.1, 0.15) is 5.56 Å². The first-order valence-corrected chi connectivity index (χ1v) is 8.79. The van der Waals surface area contributed by atoms with E-state index in [-0.39, 0.29) is 11.8 Å². The number of anilines is 1. The summed E-state index contributed by atoms with van der Waals surface area (Å²) < 4.78 is 3.51. The Morgan fingerprint density at radius 2 is 1.96 bits per heavy atom. The van der Waals surface area contributed by atoms with Gasteiger partial charge < -0.3 is 20.1 Å². The lowest BCUT2D eigenvalue weighted by Crippen LogP contribution is -2.99. The van der Waals surface area contributed by atoms with Gasteiger partial charge in [0.25, 0.3) is 5.82 Å². The molecule has 0 amide bonds. The molecule has 0 aliphatic heterocycles. The van der Waals surface area contributed by atoms with Crippen molar-refractivity contribution in [1.82, 2.24) is 29.1 Å². The topological polar surface area (TPSA) is 135 Å². The van der Waals surface area contributed by atoms with Crippen LogP contribution in [0.3, 0.4) is 0 Å². The summed E-state index contributed by atoms with van der Waals surface area (Å²) in [7, 11) is 1.72. The molecule has 3 heterocycles. The number of quaternary nitrogens is 1. The van der Waals surface area contributed by atoms with Gasteiger partial charge in [0, 0.05) is 7.05 Å². The zero-order valence-corrected chi connectivity index (χ0v) is 15.1. The molecule has 0 saturated heterocycles. The number of imidazole rings is 2. The van der Waals surface area contributed by atoms with E-state index in [1.54, 1.807) is 17.9 Å². The first-order chi connectivity index (χ1) is 13.0. The lowest BCUT2D eigenvalue weighted by Gasteiger charge is -2.11. The van der Waals surface area contributed by atoms with Crippen LogP contribution >= 0.6 is 11.8 Å². The molecule has 1 aromatic carbocycles. The van der Waals surface area contributed by atoms with Crippen LogP contribution < -0.4 is 11.0 Å². The second-order valence-corrected chi connectivity index (χ2v) is 6.81. The summed E-state index contributed by atoms with van der Waals surface area (Å²) in [5.74, 6) is 0.0513. The van der Waals surface area contributed by atoms with Gasteiger partial charge in [-0.15, -0.1) is 0 Å². The highest BCUT2D eigenvalue weighted by Gasteiger charge is 2.21. The quantitative estimate of drug-likeness (QED) is 0.339. The number of fused-ring (bicyclic) bond motifs is 1. The van der Waals surface area contributed by atoms with Crippen LogP contribution in [0.15, 0.2) is 53.0 Å². The smallest absolute Gasteiger partial charge is 0.291 e.